The van der Waals surface area contributed by atoms with Crippen molar-refractivity contribution in [1.82, 2.24) is 24.5 Å². The molecule has 0 atom stereocenters. The lowest BCUT2D eigenvalue weighted by atomic mass is 10.1. The van der Waals surface area contributed by atoms with E-state index in [1.54, 1.807) is 30.3 Å². The topological polar surface area (TPSA) is 106 Å². The van der Waals surface area contributed by atoms with Crippen LogP contribution in [-0.2, 0) is 6.18 Å². The van der Waals surface area contributed by atoms with E-state index in [0.29, 0.717) is 0 Å². The summed E-state index contributed by atoms with van der Waals surface area (Å²) < 4.78 is 53.5. The molecule has 0 saturated carbocycles. The molecule has 0 radical (unpaired) electrons. The molecule has 3 aromatic heterocycles. The van der Waals surface area contributed by atoms with E-state index in [9.17, 15) is 22.8 Å². The van der Waals surface area contributed by atoms with Crippen molar-refractivity contribution < 1.29 is 27.1 Å². The number of nitrogens with zero attached hydrogens (tertiary/aromatic N) is 4. The van der Waals surface area contributed by atoms with Crippen molar-refractivity contribution in [2.24, 2.45) is 0 Å². The van der Waals surface area contributed by atoms with Crippen LogP contribution in [-0.4, -0.2) is 44.7 Å². The average Bonchev–Trinajstić information content (AvgIpc) is 3.42. The maximum atomic E-state index is 13.9. The summed E-state index contributed by atoms with van der Waals surface area (Å²) in [5.74, 6) is -0.0780. The van der Waals surface area contributed by atoms with Crippen LogP contribution in [0.4, 0.5) is 18.0 Å². The van der Waals surface area contributed by atoms with E-state index in [4.69, 9.17) is 9.15 Å². The van der Waals surface area contributed by atoms with Crippen molar-refractivity contribution in [1.29, 1.82) is 0 Å². The number of aromatic nitrogens is 4. The molecule has 2 aromatic carbocycles. The van der Waals surface area contributed by atoms with Crippen molar-refractivity contribution in [2.45, 2.75) is 13.1 Å². The minimum absolute atomic E-state index is 0.0959. The number of aromatic amines is 1. The molecule has 0 aliphatic heterocycles. The van der Waals surface area contributed by atoms with Gasteiger partial charge in [-0.2, -0.15) is 17.7 Å². The van der Waals surface area contributed by atoms with E-state index in [-0.39, 0.29) is 50.8 Å². The second-order valence-corrected chi connectivity index (χ2v) is 8.15. The highest BCUT2D eigenvalue weighted by Gasteiger charge is 2.38. The van der Waals surface area contributed by atoms with Crippen LogP contribution in [0, 0.1) is 6.92 Å². The van der Waals surface area contributed by atoms with Gasteiger partial charge in [0.2, 0.25) is 5.89 Å². The smallest absolute Gasteiger partial charge is 0.433 e. The third-order valence-corrected chi connectivity index (χ3v) is 5.47. The van der Waals surface area contributed by atoms with Crippen LogP contribution in [0.25, 0.3) is 39.3 Å². The van der Waals surface area contributed by atoms with Gasteiger partial charge in [0, 0.05) is 14.1 Å². The van der Waals surface area contributed by atoms with Gasteiger partial charge in [-0.3, -0.25) is 9.89 Å². The first-order chi connectivity index (χ1) is 17.1. The van der Waals surface area contributed by atoms with Gasteiger partial charge >= 0.3 is 12.3 Å². The minimum atomic E-state index is -4.78. The summed E-state index contributed by atoms with van der Waals surface area (Å²) in [5.41, 5.74) is -1.76. The zero-order valence-corrected chi connectivity index (χ0v) is 19.2. The number of hydrogen-bond donors (Lipinski definition) is 1. The summed E-state index contributed by atoms with van der Waals surface area (Å²) in [5, 5.41) is 2.16. The molecule has 1 N–H and O–H groups in total. The van der Waals surface area contributed by atoms with Gasteiger partial charge < -0.3 is 14.1 Å². The minimum Gasteiger partial charge on any atom is -0.436 e. The lowest BCUT2D eigenvalue weighted by Crippen LogP contribution is -2.25. The second-order valence-electron chi connectivity index (χ2n) is 8.15. The first-order valence-electron chi connectivity index (χ1n) is 10.6. The van der Waals surface area contributed by atoms with E-state index in [0.717, 1.165) is 4.52 Å². The number of fused-ring (bicyclic) bond motifs is 2. The Balaban J connectivity index is 1.73. The molecule has 0 spiro atoms. The molecule has 0 aliphatic carbocycles. The molecule has 0 fully saturated rings. The Bertz CT molecular complexity index is 1680. The normalized spacial score (nSPS) is 11.8. The number of oxazole rings is 1. The SMILES string of the molecule is Cc1nc2c(-c3ccccc3)c(C(F)(F)F)[nH]n2c(=O)c1-c1nc2c(OC(=O)N(C)C)cccc2o1. The van der Waals surface area contributed by atoms with Crippen LogP contribution in [0.5, 0.6) is 5.75 Å². The molecule has 5 aromatic rings. The maximum absolute atomic E-state index is 13.9. The molecule has 184 valence electrons. The number of rotatable bonds is 3. The number of halogens is 3. The van der Waals surface area contributed by atoms with Crippen LogP contribution in [0.3, 0.4) is 0 Å². The highest BCUT2D eigenvalue weighted by molar-refractivity contribution is 5.86. The number of ether oxygens (including phenoxy) is 1. The molecular weight excluding hydrogens is 479 g/mol. The quantitative estimate of drug-likeness (QED) is 0.381. The summed E-state index contributed by atoms with van der Waals surface area (Å²) in [6, 6.07) is 12.5. The number of amides is 1. The first kappa shape index (κ1) is 23.1. The van der Waals surface area contributed by atoms with Gasteiger partial charge in [0.25, 0.3) is 5.56 Å². The molecule has 0 bridgehead atoms. The highest BCUT2D eigenvalue weighted by atomic mass is 19.4. The number of carbonyl (C=O) groups is 1. The van der Waals surface area contributed by atoms with Crippen LogP contribution in [0.2, 0.25) is 0 Å². The van der Waals surface area contributed by atoms with E-state index in [2.05, 4.69) is 15.1 Å². The summed E-state index contributed by atoms with van der Waals surface area (Å²) >= 11 is 0. The van der Waals surface area contributed by atoms with Crippen molar-refractivity contribution in [3.05, 3.63) is 70.3 Å². The molecule has 0 unspecified atom stereocenters. The average molecular weight is 497 g/mol. The molecule has 1 amide bonds. The van der Waals surface area contributed by atoms with E-state index in [1.807, 2.05) is 0 Å². The fourth-order valence-corrected chi connectivity index (χ4v) is 3.81. The van der Waals surface area contributed by atoms with Gasteiger partial charge in [-0.05, 0) is 24.6 Å². The summed E-state index contributed by atoms with van der Waals surface area (Å²) in [4.78, 5) is 35.3. The second kappa shape index (κ2) is 8.26. The monoisotopic (exact) mass is 497 g/mol. The molecule has 3 heterocycles. The van der Waals surface area contributed by atoms with Gasteiger partial charge in [-0.15, -0.1) is 0 Å². The van der Waals surface area contributed by atoms with Gasteiger partial charge in [-0.1, -0.05) is 36.4 Å². The van der Waals surface area contributed by atoms with Crippen molar-refractivity contribution in [3.63, 3.8) is 0 Å². The number of para-hydroxylation sites is 1. The number of benzene rings is 2. The molecule has 0 aliphatic rings. The van der Waals surface area contributed by atoms with Crippen LogP contribution in [0.15, 0.2) is 57.7 Å². The fraction of sp³-hybridized carbons (Fsp3) is 0.167. The molecule has 9 nitrogen and oxygen atoms in total. The predicted molar refractivity (Wildman–Crippen MR) is 124 cm³/mol. The summed E-state index contributed by atoms with van der Waals surface area (Å²) in [6.07, 6.45) is -5.42. The van der Waals surface area contributed by atoms with Gasteiger partial charge in [0.05, 0.1) is 11.3 Å². The number of H-pyrrole nitrogens is 1. The van der Waals surface area contributed by atoms with E-state index < -0.39 is 23.5 Å². The Morgan fingerprint density at radius 1 is 1.06 bits per heavy atom. The summed E-state index contributed by atoms with van der Waals surface area (Å²) in [6.45, 7) is 1.48. The lowest BCUT2D eigenvalue weighted by molar-refractivity contribution is -0.140. The van der Waals surface area contributed by atoms with Gasteiger partial charge in [0.15, 0.2) is 22.5 Å². The summed E-state index contributed by atoms with van der Waals surface area (Å²) in [7, 11) is 3.02. The Hall–Kier alpha value is -4.61. The first-order valence-corrected chi connectivity index (χ1v) is 10.6. The Kier molecular flexibility index (Phi) is 5.31. The Morgan fingerprint density at radius 3 is 2.44 bits per heavy atom. The number of aryl methyl sites for hydroxylation is 1. The third-order valence-electron chi connectivity index (χ3n) is 5.47. The number of hydrogen-bond acceptors (Lipinski definition) is 6. The zero-order valence-electron chi connectivity index (χ0n) is 19.2. The zero-order chi connectivity index (χ0) is 25.8. The van der Waals surface area contributed by atoms with E-state index in [1.165, 1.54) is 44.1 Å². The van der Waals surface area contributed by atoms with Crippen LogP contribution >= 0.6 is 0 Å². The highest BCUT2D eigenvalue weighted by Crippen LogP contribution is 2.38. The van der Waals surface area contributed by atoms with Crippen molar-refractivity contribution >= 4 is 22.8 Å². The molecule has 0 saturated heterocycles. The van der Waals surface area contributed by atoms with Crippen molar-refractivity contribution in [2.75, 3.05) is 14.1 Å². The largest absolute Gasteiger partial charge is 0.436 e. The Morgan fingerprint density at radius 2 is 1.78 bits per heavy atom. The third kappa shape index (κ3) is 3.76. The predicted octanol–water partition coefficient (Wildman–Crippen LogP) is 4.89. The van der Waals surface area contributed by atoms with Crippen molar-refractivity contribution in [3.8, 4) is 28.3 Å². The van der Waals surface area contributed by atoms with Crippen LogP contribution < -0.4 is 10.3 Å². The molecular formula is C24H18F3N5O4. The Labute approximate surface area is 200 Å². The van der Waals surface area contributed by atoms with Gasteiger partial charge in [0.1, 0.15) is 11.3 Å². The lowest BCUT2D eigenvalue weighted by Gasteiger charge is -2.10. The number of nitrogens with one attached hydrogen (secondary N) is 1. The fourth-order valence-electron chi connectivity index (χ4n) is 3.81. The maximum Gasteiger partial charge on any atom is 0.433 e. The van der Waals surface area contributed by atoms with Gasteiger partial charge in [-0.25, -0.2) is 14.8 Å². The van der Waals surface area contributed by atoms with E-state index >= 15 is 0 Å². The number of carbonyl (C=O) groups excluding carboxylic acids is 1. The number of alkyl halides is 3. The van der Waals surface area contributed by atoms with Crippen LogP contribution in [0.1, 0.15) is 11.4 Å². The molecule has 36 heavy (non-hydrogen) atoms. The molecule has 5 rings (SSSR count). The standard InChI is InChI=1S/C24H18F3N5O4/c1-12-16(21-29-18-14(35-21)10-7-11-15(18)36-23(34)31(2)3)22(33)32-20(28-12)17(13-8-5-4-6-9-13)19(30-32)24(25,26)27/h4-11,30H,1-3H3. The molecule has 12 heteroatoms.